The average Bonchev–Trinajstić information content (AvgIpc) is 3.76. The van der Waals surface area contributed by atoms with Gasteiger partial charge in [-0.2, -0.15) is 0 Å². The van der Waals surface area contributed by atoms with Gasteiger partial charge in [0.15, 0.2) is 0 Å². The van der Waals surface area contributed by atoms with Crippen molar-refractivity contribution in [2.45, 2.75) is 153 Å². The zero-order valence-electron chi connectivity index (χ0n) is 42.5. The molecule has 0 bridgehead atoms. The molecule has 4 aromatic carbocycles. The van der Waals surface area contributed by atoms with Gasteiger partial charge in [-0.1, -0.05) is 0 Å². The summed E-state index contributed by atoms with van der Waals surface area (Å²) in [5, 5.41) is 6.24. The molecule has 0 fully saturated rings. The maximum absolute atomic E-state index is 9.18. The van der Waals surface area contributed by atoms with Gasteiger partial charge in [-0.25, -0.2) is 0 Å². The molecule has 8 heteroatoms. The number of hydrogen-bond donors (Lipinski definition) is 0. The van der Waals surface area contributed by atoms with E-state index in [1.807, 2.05) is 0 Å². The number of halogens is 2. The van der Waals surface area contributed by atoms with E-state index in [0.29, 0.717) is 11.8 Å². The fourth-order valence-corrected chi connectivity index (χ4v) is 46.8. The second-order valence-corrected chi connectivity index (χ2v) is 87.1. The quantitative estimate of drug-likeness (QED) is 0.117. The van der Waals surface area contributed by atoms with E-state index in [-0.39, 0.29) is 7.25 Å². The summed E-state index contributed by atoms with van der Waals surface area (Å²) in [6.07, 6.45) is 7.40. The Labute approximate surface area is 392 Å². The van der Waals surface area contributed by atoms with Crippen LogP contribution in [0.15, 0.2) is 71.8 Å². The van der Waals surface area contributed by atoms with Crippen LogP contribution >= 0.6 is 17.0 Å². The number of allylic oxidation sites excluding steroid dienone is 2. The normalized spacial score (nSPS) is 18.9. The summed E-state index contributed by atoms with van der Waals surface area (Å²) in [4.78, 5) is 0. The van der Waals surface area contributed by atoms with Crippen LogP contribution in [0.5, 0.6) is 0 Å². The van der Waals surface area contributed by atoms with Crippen molar-refractivity contribution in [2.75, 3.05) is 0 Å². The van der Waals surface area contributed by atoms with Crippen LogP contribution in [-0.2, 0) is 15.6 Å². The van der Waals surface area contributed by atoms with E-state index in [0.717, 1.165) is 12.8 Å². The van der Waals surface area contributed by atoms with Gasteiger partial charge >= 0.3 is 396 Å². The van der Waals surface area contributed by atoms with Crippen LogP contribution in [0.3, 0.4) is 0 Å². The molecule has 4 atom stereocenters. The molecule has 4 unspecified atom stereocenters. The molecule has 0 aliphatic heterocycles. The number of aryl methyl sites for hydroxylation is 2. The summed E-state index contributed by atoms with van der Waals surface area (Å²) in [5.74, 6) is -1.02. The Morgan fingerprint density at radius 1 is 0.516 bits per heavy atom. The number of fused-ring (bicyclic) bond motifs is 2. The van der Waals surface area contributed by atoms with Gasteiger partial charge in [0.05, 0.1) is 0 Å². The molecule has 0 saturated heterocycles. The van der Waals surface area contributed by atoms with Crippen LogP contribution in [0, 0.1) is 25.7 Å². The molecule has 335 valence electrons. The topological polar surface area (TPSA) is 0 Å². The van der Waals surface area contributed by atoms with Gasteiger partial charge in [-0.15, -0.1) is 0 Å². The molecule has 0 N–H and O–H groups in total. The molecular formula is C54H81Cl2Si5Zr. The van der Waals surface area contributed by atoms with E-state index >= 15 is 0 Å². The summed E-state index contributed by atoms with van der Waals surface area (Å²) < 4.78 is 0.128. The van der Waals surface area contributed by atoms with Gasteiger partial charge in [-0.3, -0.25) is 0 Å². The van der Waals surface area contributed by atoms with Crippen molar-refractivity contribution in [1.29, 1.82) is 0 Å². The van der Waals surface area contributed by atoms with Gasteiger partial charge in [-0.05, 0) is 0 Å². The van der Waals surface area contributed by atoms with Gasteiger partial charge in [0, 0.05) is 0 Å². The van der Waals surface area contributed by atoms with Crippen molar-refractivity contribution in [2.24, 2.45) is 11.8 Å². The fraction of sp³-hybridized carbons (Fsp3) is 0.481. The van der Waals surface area contributed by atoms with Crippen LogP contribution in [0.25, 0.3) is 34.4 Å². The zero-order valence-corrected chi connectivity index (χ0v) is 51.6. The van der Waals surface area contributed by atoms with E-state index in [4.69, 9.17) is 0 Å². The summed E-state index contributed by atoms with van der Waals surface area (Å²) in [6, 6.07) is 25.2. The van der Waals surface area contributed by atoms with Crippen LogP contribution in [-0.4, -0.2) is 38.2 Å². The van der Waals surface area contributed by atoms with E-state index in [1.165, 1.54) is 66.8 Å². The first kappa shape index (κ1) is 50.3. The third kappa shape index (κ3) is 8.91. The Bertz CT molecular complexity index is 2240. The standard InChI is InChI=1S/2C26H37Si2.C2H7Si.2ClH.Zr/c2*1-10-18(2)21-13-20-12-11-19(3)26(25(20)16-21)22-14-23(27(4,5)6)17-24(15-22)28(7,8)9;1-3-2;;;/h2*11-18H,10H2,1-9H3;3H,1-2H3;2*1H;/q;;;;;+2/p-2. The Morgan fingerprint density at radius 2 is 0.806 bits per heavy atom. The Kier molecular flexibility index (Phi) is 14.0. The second-order valence-electron chi connectivity index (χ2n) is 24.3. The second kappa shape index (κ2) is 17.2. The molecule has 0 heterocycles. The van der Waals surface area contributed by atoms with Crippen LogP contribution in [0.1, 0.15) is 81.2 Å². The first-order chi connectivity index (χ1) is 28.4. The fourth-order valence-electron chi connectivity index (χ4n) is 10.6. The molecule has 0 nitrogen and oxygen atoms in total. The predicted octanol–water partition coefficient (Wildman–Crippen LogP) is 15.5. The average molecular weight is 1030 g/mol. The van der Waals surface area contributed by atoms with Gasteiger partial charge < -0.3 is 0 Å². The van der Waals surface area contributed by atoms with E-state index in [2.05, 4.69) is 206 Å². The summed E-state index contributed by atoms with van der Waals surface area (Å²) in [6.45, 7) is 49.4. The van der Waals surface area contributed by atoms with Gasteiger partial charge in [0.2, 0.25) is 0 Å². The van der Waals surface area contributed by atoms with Gasteiger partial charge in [0.1, 0.15) is 0 Å². The molecule has 0 spiro atoms. The van der Waals surface area contributed by atoms with Crippen molar-refractivity contribution >= 4 is 88.1 Å². The molecule has 0 saturated carbocycles. The van der Waals surface area contributed by atoms with Crippen molar-refractivity contribution in [3.63, 3.8) is 0 Å². The number of hydrogen-bond acceptors (Lipinski definition) is 0. The summed E-state index contributed by atoms with van der Waals surface area (Å²) in [5.41, 5.74) is 16.9. The molecular weight excluding hydrogens is 951 g/mol. The first-order valence-corrected chi connectivity index (χ1v) is 54.3. The van der Waals surface area contributed by atoms with E-state index < -0.39 is 53.8 Å². The van der Waals surface area contributed by atoms with E-state index in [1.54, 1.807) is 20.7 Å². The van der Waals surface area contributed by atoms with Crippen molar-refractivity contribution < 1.29 is 15.6 Å². The summed E-state index contributed by atoms with van der Waals surface area (Å²) >= 11 is -5.11. The number of rotatable bonds is 13. The third-order valence-electron chi connectivity index (χ3n) is 15.4. The van der Waals surface area contributed by atoms with Crippen LogP contribution in [0.4, 0.5) is 0 Å². The van der Waals surface area contributed by atoms with E-state index in [9.17, 15) is 17.0 Å². The molecule has 4 aromatic rings. The molecule has 62 heavy (non-hydrogen) atoms. The Morgan fingerprint density at radius 3 is 1.05 bits per heavy atom. The molecule has 2 aliphatic rings. The van der Waals surface area contributed by atoms with Crippen molar-refractivity contribution in [1.82, 2.24) is 0 Å². The minimum atomic E-state index is -5.11. The summed E-state index contributed by atoms with van der Waals surface area (Å²) in [7, 11) is 11.9. The molecule has 0 amide bonds. The molecule has 2 aliphatic carbocycles. The first-order valence-electron chi connectivity index (χ1n) is 24.0. The van der Waals surface area contributed by atoms with Crippen LogP contribution in [0.2, 0.25) is 91.7 Å². The monoisotopic (exact) mass is 1030 g/mol. The predicted molar refractivity (Wildman–Crippen MR) is 296 cm³/mol. The number of benzene rings is 4. The van der Waals surface area contributed by atoms with Crippen LogP contribution < -0.4 is 20.7 Å². The van der Waals surface area contributed by atoms with Crippen molar-refractivity contribution in [3.05, 3.63) is 105 Å². The molecule has 0 radical (unpaired) electrons. The SMILES string of the molecule is CCC(C)C1=Cc2c(ccc(C)c2-c2cc([Si](C)(C)C)cc([Si](C)(C)C)c2)[CH]1[Zr]([Cl])([Cl])([CH]1C(C(C)CC)=Cc2c1ccc(C)c2-c1cc([Si](C)(C)C)cc([Si](C)(C)C)c1)[SiH](C)C. The maximum atomic E-state index is 9.18. The Balaban J connectivity index is 1.70. The molecule has 6 rings (SSSR count). The van der Waals surface area contributed by atoms with Gasteiger partial charge in [0.25, 0.3) is 0 Å². The Hall–Kier alpha value is -1.09. The third-order valence-corrected chi connectivity index (χ3v) is 75.1. The minimum absolute atomic E-state index is 0.0641. The van der Waals surface area contributed by atoms with Crippen molar-refractivity contribution in [3.8, 4) is 22.3 Å². The zero-order chi connectivity index (χ0) is 46.5. The molecule has 0 aromatic heterocycles.